The summed E-state index contributed by atoms with van der Waals surface area (Å²) in [7, 11) is 2.86. The van der Waals surface area contributed by atoms with Gasteiger partial charge in [-0.2, -0.15) is 0 Å². The van der Waals surface area contributed by atoms with Gasteiger partial charge in [-0.1, -0.05) is 30.3 Å². The maximum Gasteiger partial charge on any atom is 0.346 e. The number of anilines is 1. The number of aromatic carboxylic acids is 1. The third-order valence-corrected chi connectivity index (χ3v) is 6.36. The van der Waals surface area contributed by atoms with Gasteiger partial charge in [0.2, 0.25) is 11.7 Å². The molecule has 1 amide bonds. The van der Waals surface area contributed by atoms with E-state index >= 15 is 0 Å². The van der Waals surface area contributed by atoms with Crippen LogP contribution in [0, 0.1) is 0 Å². The van der Waals surface area contributed by atoms with E-state index in [9.17, 15) is 19.8 Å². The Bertz CT molecular complexity index is 1110. The highest BCUT2D eigenvalue weighted by Gasteiger charge is 2.35. The van der Waals surface area contributed by atoms with E-state index in [-0.39, 0.29) is 34.5 Å². The van der Waals surface area contributed by atoms with Gasteiger partial charge < -0.3 is 25.0 Å². The van der Waals surface area contributed by atoms with E-state index in [4.69, 9.17) is 9.47 Å². The van der Waals surface area contributed by atoms with Gasteiger partial charge in [0.15, 0.2) is 11.5 Å². The molecule has 2 aromatic carbocycles. The fourth-order valence-electron chi connectivity index (χ4n) is 3.70. The molecule has 8 heteroatoms. The molecule has 0 spiro atoms. The van der Waals surface area contributed by atoms with Crippen LogP contribution in [0.25, 0.3) is 11.1 Å². The number of carbonyl (C=O) groups is 2. The molecule has 1 aliphatic heterocycles. The average molecular weight is 425 g/mol. The van der Waals surface area contributed by atoms with Crippen molar-refractivity contribution in [1.29, 1.82) is 0 Å². The van der Waals surface area contributed by atoms with Gasteiger partial charge in [0.25, 0.3) is 0 Å². The van der Waals surface area contributed by atoms with Crippen molar-refractivity contribution in [2.45, 2.75) is 12.3 Å². The van der Waals surface area contributed by atoms with Gasteiger partial charge in [0, 0.05) is 22.8 Å². The minimum absolute atomic E-state index is 0.133. The number of fused-ring (bicyclic) bond motifs is 1. The number of carboxylic acid groups (broad SMARTS) is 1. The van der Waals surface area contributed by atoms with E-state index in [2.05, 4.69) is 5.32 Å². The van der Waals surface area contributed by atoms with Crippen molar-refractivity contribution < 1.29 is 29.3 Å². The average Bonchev–Trinajstić information content (AvgIpc) is 3.13. The number of phenols is 1. The molecule has 0 unspecified atom stereocenters. The first-order chi connectivity index (χ1) is 14.4. The number of rotatable bonds is 5. The highest BCUT2D eigenvalue weighted by molar-refractivity contribution is 7.15. The van der Waals surface area contributed by atoms with E-state index in [0.717, 1.165) is 16.2 Å². The normalized spacial score (nSPS) is 15.3. The number of ether oxygens (including phenoxy) is 2. The van der Waals surface area contributed by atoms with Crippen molar-refractivity contribution in [3.63, 3.8) is 0 Å². The monoisotopic (exact) mass is 425 g/mol. The Labute approximate surface area is 176 Å². The fraction of sp³-hybridized carbons (Fsp3) is 0.182. The number of thiophene rings is 1. The number of hydrogen-bond donors (Lipinski definition) is 3. The zero-order valence-electron chi connectivity index (χ0n) is 16.3. The summed E-state index contributed by atoms with van der Waals surface area (Å²) in [6.45, 7) is 0. The number of phenolic OH excluding ortho intramolecular Hbond substituents is 1. The first-order valence-corrected chi connectivity index (χ1v) is 9.96. The quantitative estimate of drug-likeness (QED) is 0.563. The van der Waals surface area contributed by atoms with Gasteiger partial charge >= 0.3 is 5.97 Å². The Morgan fingerprint density at radius 3 is 2.33 bits per heavy atom. The predicted octanol–water partition coefficient (Wildman–Crippen LogP) is 4.31. The molecule has 0 aliphatic carbocycles. The minimum atomic E-state index is -1.05. The highest BCUT2D eigenvalue weighted by atomic mass is 32.1. The van der Waals surface area contributed by atoms with Crippen molar-refractivity contribution in [2.75, 3.05) is 19.5 Å². The molecule has 7 nitrogen and oxygen atoms in total. The van der Waals surface area contributed by atoms with Crippen LogP contribution in [-0.4, -0.2) is 36.3 Å². The smallest absolute Gasteiger partial charge is 0.346 e. The van der Waals surface area contributed by atoms with Crippen LogP contribution in [0.2, 0.25) is 0 Å². The van der Waals surface area contributed by atoms with Crippen molar-refractivity contribution in [2.24, 2.45) is 0 Å². The van der Waals surface area contributed by atoms with Gasteiger partial charge in [-0.3, -0.25) is 4.79 Å². The molecule has 3 N–H and O–H groups in total. The predicted molar refractivity (Wildman–Crippen MR) is 113 cm³/mol. The van der Waals surface area contributed by atoms with Crippen LogP contribution in [0.3, 0.4) is 0 Å². The van der Waals surface area contributed by atoms with Crippen molar-refractivity contribution in [3.05, 3.63) is 57.8 Å². The van der Waals surface area contributed by atoms with Gasteiger partial charge in [0.1, 0.15) is 4.88 Å². The van der Waals surface area contributed by atoms with Crippen molar-refractivity contribution >= 4 is 28.9 Å². The number of hydrogen-bond acceptors (Lipinski definition) is 6. The first kappa shape index (κ1) is 19.8. The Balaban J connectivity index is 1.94. The van der Waals surface area contributed by atoms with E-state index < -0.39 is 11.9 Å². The summed E-state index contributed by atoms with van der Waals surface area (Å²) in [4.78, 5) is 25.5. The van der Waals surface area contributed by atoms with E-state index in [0.29, 0.717) is 22.4 Å². The lowest BCUT2D eigenvalue weighted by Gasteiger charge is -2.25. The highest BCUT2D eigenvalue weighted by Crippen LogP contribution is 2.51. The van der Waals surface area contributed by atoms with Gasteiger partial charge in [-0.25, -0.2) is 4.79 Å². The second-order valence-electron chi connectivity index (χ2n) is 6.80. The summed E-state index contributed by atoms with van der Waals surface area (Å²) >= 11 is 1.14. The Morgan fingerprint density at radius 1 is 1.13 bits per heavy atom. The molecule has 4 rings (SSSR count). The molecule has 0 bridgehead atoms. The number of nitrogens with one attached hydrogen (secondary N) is 1. The Kier molecular flexibility index (Phi) is 5.09. The number of methoxy groups -OCH3 is 2. The molecule has 1 aliphatic rings. The minimum Gasteiger partial charge on any atom is -0.502 e. The second-order valence-corrected chi connectivity index (χ2v) is 7.85. The molecule has 1 aromatic heterocycles. The standard InChI is InChI=1S/C22H19NO6S/c1-28-14-8-12(9-15(29-2)19(14)25)13-10-16(24)23-18-17(11-6-4-3-5-7-11)21(22(26)27)30-20(13)18/h3-9,13,25H,10H2,1-2H3,(H,23,24)(H,26,27)/t13-/m0/s1. The van der Waals surface area contributed by atoms with Gasteiger partial charge in [-0.15, -0.1) is 11.3 Å². The third kappa shape index (κ3) is 3.25. The number of carbonyl (C=O) groups excluding carboxylic acids is 1. The molecule has 1 atom stereocenters. The molecule has 0 saturated heterocycles. The second kappa shape index (κ2) is 7.72. The van der Waals surface area contributed by atoms with E-state index in [1.807, 2.05) is 30.3 Å². The Hall–Kier alpha value is -3.52. The van der Waals surface area contributed by atoms with Gasteiger partial charge in [-0.05, 0) is 23.3 Å². The summed E-state index contributed by atoms with van der Waals surface area (Å²) in [6.07, 6.45) is 0.137. The number of benzene rings is 2. The summed E-state index contributed by atoms with van der Waals surface area (Å²) in [5.74, 6) is -1.37. The van der Waals surface area contributed by atoms with Gasteiger partial charge in [0.05, 0.1) is 19.9 Å². The molecule has 0 fully saturated rings. The van der Waals surface area contributed by atoms with Crippen LogP contribution in [0.4, 0.5) is 5.69 Å². The fourth-order valence-corrected chi connectivity index (χ4v) is 4.95. The molecule has 2 heterocycles. The maximum absolute atomic E-state index is 12.6. The zero-order valence-corrected chi connectivity index (χ0v) is 17.1. The maximum atomic E-state index is 12.6. The summed E-state index contributed by atoms with van der Waals surface area (Å²) in [5.41, 5.74) is 2.42. The lowest BCUT2D eigenvalue weighted by atomic mass is 9.88. The number of carboxylic acids is 1. The summed E-state index contributed by atoms with van der Waals surface area (Å²) < 4.78 is 10.5. The van der Waals surface area contributed by atoms with E-state index in [1.54, 1.807) is 12.1 Å². The molecule has 0 saturated carbocycles. The summed E-state index contributed by atoms with van der Waals surface area (Å²) in [6, 6.07) is 12.4. The molecular formula is C22H19NO6S. The lowest BCUT2D eigenvalue weighted by molar-refractivity contribution is -0.116. The van der Waals surface area contributed by atoms with Crippen molar-refractivity contribution in [3.8, 4) is 28.4 Å². The largest absolute Gasteiger partial charge is 0.502 e. The van der Waals surface area contributed by atoms with Crippen LogP contribution in [0.1, 0.15) is 32.5 Å². The molecule has 3 aromatic rings. The third-order valence-electron chi connectivity index (χ3n) is 5.07. The molecule has 154 valence electrons. The Morgan fingerprint density at radius 2 is 1.77 bits per heavy atom. The molecular weight excluding hydrogens is 406 g/mol. The first-order valence-electron chi connectivity index (χ1n) is 9.14. The number of aromatic hydroxyl groups is 1. The topological polar surface area (TPSA) is 105 Å². The van der Waals surface area contributed by atoms with Crippen molar-refractivity contribution in [1.82, 2.24) is 0 Å². The lowest BCUT2D eigenvalue weighted by Crippen LogP contribution is -2.22. The van der Waals surface area contributed by atoms with Crippen LogP contribution in [-0.2, 0) is 4.79 Å². The zero-order chi connectivity index (χ0) is 21.4. The van der Waals surface area contributed by atoms with Crippen LogP contribution in [0.5, 0.6) is 17.2 Å². The van der Waals surface area contributed by atoms with Crippen LogP contribution < -0.4 is 14.8 Å². The molecule has 0 radical (unpaired) electrons. The molecule has 30 heavy (non-hydrogen) atoms. The number of amides is 1. The van der Waals surface area contributed by atoms with Crippen LogP contribution in [0.15, 0.2) is 42.5 Å². The van der Waals surface area contributed by atoms with Crippen LogP contribution >= 0.6 is 11.3 Å². The summed E-state index contributed by atoms with van der Waals surface area (Å²) in [5, 5.41) is 22.9. The SMILES string of the molecule is COc1cc([C@@H]2CC(=O)Nc3c2sc(C(=O)O)c3-c2ccccc2)cc(OC)c1O. The van der Waals surface area contributed by atoms with E-state index in [1.165, 1.54) is 14.2 Å².